The Balaban J connectivity index is 1.88. The molecule has 1 fully saturated rings. The van der Waals surface area contributed by atoms with E-state index in [1.54, 1.807) is 0 Å². The van der Waals surface area contributed by atoms with Crippen molar-refractivity contribution in [3.63, 3.8) is 0 Å². The topological polar surface area (TPSA) is 58.2 Å². The standard InChI is InChI=1S/C24H19Cl3F6N2O2/c1-11(34-21(36)13-4-5-13)35-22(37)15-6-2-12(8-17(15)24(31,32)33)3-7-16(23(28,29)30)14-9-18(25)20(27)19(26)10-14/h2-3,6-11,13,16H,4-5H2,1H3,(H,34,36)(H,35,37)/t11-,16?/m1/s1. The van der Waals surface area contributed by atoms with Gasteiger partial charge in [0.25, 0.3) is 5.91 Å². The van der Waals surface area contributed by atoms with E-state index in [9.17, 15) is 35.9 Å². The smallest absolute Gasteiger partial charge is 0.336 e. The van der Waals surface area contributed by atoms with Crippen LogP contribution < -0.4 is 10.6 Å². The van der Waals surface area contributed by atoms with Crippen molar-refractivity contribution in [3.8, 4) is 0 Å². The lowest BCUT2D eigenvalue weighted by atomic mass is 9.96. The Labute approximate surface area is 222 Å². The van der Waals surface area contributed by atoms with Crippen molar-refractivity contribution in [2.75, 3.05) is 0 Å². The summed E-state index contributed by atoms with van der Waals surface area (Å²) in [4.78, 5) is 24.3. The van der Waals surface area contributed by atoms with E-state index in [1.165, 1.54) is 6.92 Å². The van der Waals surface area contributed by atoms with E-state index in [0.717, 1.165) is 30.3 Å². The summed E-state index contributed by atoms with van der Waals surface area (Å²) >= 11 is 17.5. The molecule has 37 heavy (non-hydrogen) atoms. The number of hydrogen-bond acceptors (Lipinski definition) is 2. The van der Waals surface area contributed by atoms with Gasteiger partial charge in [0.15, 0.2) is 0 Å². The van der Waals surface area contributed by atoms with Crippen LogP contribution >= 0.6 is 34.8 Å². The summed E-state index contributed by atoms with van der Waals surface area (Å²) in [5, 5.41) is 4.19. The maximum absolute atomic E-state index is 13.7. The molecule has 3 rings (SSSR count). The molecule has 200 valence electrons. The average molecular weight is 588 g/mol. The highest BCUT2D eigenvalue weighted by atomic mass is 35.5. The molecule has 0 aromatic heterocycles. The van der Waals surface area contributed by atoms with Gasteiger partial charge in [-0.25, -0.2) is 0 Å². The zero-order chi connectivity index (χ0) is 27.7. The Morgan fingerprint density at radius 3 is 2.08 bits per heavy atom. The van der Waals surface area contributed by atoms with E-state index in [1.807, 2.05) is 0 Å². The fraction of sp³-hybridized carbons (Fsp3) is 0.333. The lowest BCUT2D eigenvalue weighted by Gasteiger charge is -2.19. The van der Waals surface area contributed by atoms with E-state index in [4.69, 9.17) is 34.8 Å². The lowest BCUT2D eigenvalue weighted by Crippen LogP contribution is -2.46. The average Bonchev–Trinajstić information content (AvgIpc) is 3.61. The number of alkyl halides is 6. The summed E-state index contributed by atoms with van der Waals surface area (Å²) in [6, 6.07) is 4.43. The van der Waals surface area contributed by atoms with Crippen LogP contribution in [0, 0.1) is 5.92 Å². The van der Waals surface area contributed by atoms with Crippen LogP contribution in [0.1, 0.15) is 52.7 Å². The first kappa shape index (κ1) is 29.1. The molecule has 2 amide bonds. The van der Waals surface area contributed by atoms with Crippen LogP contribution in [-0.2, 0) is 11.0 Å². The Bertz CT molecular complexity index is 1200. The normalized spacial score (nSPS) is 15.9. The number of amides is 2. The van der Waals surface area contributed by atoms with Gasteiger partial charge in [0.2, 0.25) is 5.91 Å². The minimum Gasteiger partial charge on any atom is -0.336 e. The predicted molar refractivity (Wildman–Crippen MR) is 129 cm³/mol. The van der Waals surface area contributed by atoms with Crippen LogP contribution in [0.4, 0.5) is 26.3 Å². The number of rotatable bonds is 7. The highest BCUT2D eigenvalue weighted by Crippen LogP contribution is 2.41. The van der Waals surface area contributed by atoms with Crippen LogP contribution in [0.15, 0.2) is 36.4 Å². The minimum atomic E-state index is -4.99. The van der Waals surface area contributed by atoms with Crippen molar-refractivity contribution < 1.29 is 35.9 Å². The van der Waals surface area contributed by atoms with Crippen LogP contribution in [0.5, 0.6) is 0 Å². The molecule has 1 aliphatic rings. The number of carbonyl (C=O) groups is 2. The number of nitrogens with one attached hydrogen (secondary N) is 2. The number of halogens is 9. The lowest BCUT2D eigenvalue weighted by molar-refractivity contribution is -0.139. The summed E-state index contributed by atoms with van der Waals surface area (Å²) in [6.45, 7) is 1.40. The SMILES string of the molecule is C[C@@H](NC(=O)c1ccc(C=CC(c2cc(Cl)c(Cl)c(Cl)c2)C(F)(F)F)cc1C(F)(F)F)NC(=O)C1CC1. The monoisotopic (exact) mass is 586 g/mol. The molecule has 2 atom stereocenters. The predicted octanol–water partition coefficient (Wildman–Crippen LogP) is 7.63. The molecule has 1 unspecified atom stereocenters. The van der Waals surface area contributed by atoms with Crippen molar-refractivity contribution in [2.24, 2.45) is 5.92 Å². The Kier molecular flexibility index (Phi) is 8.76. The first-order chi connectivity index (χ1) is 17.1. The van der Waals surface area contributed by atoms with Crippen LogP contribution in [0.3, 0.4) is 0 Å². The largest absolute Gasteiger partial charge is 0.417 e. The van der Waals surface area contributed by atoms with Crippen LogP contribution in [0.2, 0.25) is 15.1 Å². The zero-order valence-corrected chi connectivity index (χ0v) is 21.2. The highest BCUT2D eigenvalue weighted by molar-refractivity contribution is 6.48. The molecule has 1 aliphatic carbocycles. The Hall–Kier alpha value is -2.43. The molecule has 0 aliphatic heterocycles. The molecule has 2 N–H and O–H groups in total. The molecule has 0 saturated heterocycles. The number of allylic oxidation sites excluding steroid dienone is 1. The summed E-state index contributed by atoms with van der Waals surface area (Å²) in [6.07, 6.45) is -7.85. The molecule has 13 heteroatoms. The molecule has 0 spiro atoms. The Morgan fingerprint density at radius 2 is 1.57 bits per heavy atom. The second kappa shape index (κ2) is 11.1. The number of hydrogen-bond donors (Lipinski definition) is 2. The second-order valence-electron chi connectivity index (χ2n) is 8.46. The molecule has 4 nitrogen and oxygen atoms in total. The number of carbonyl (C=O) groups excluding carboxylic acids is 2. The molecular formula is C24H19Cl3F6N2O2. The molecule has 2 aromatic rings. The van der Waals surface area contributed by atoms with Gasteiger partial charge in [-0.3, -0.25) is 9.59 Å². The summed E-state index contributed by atoms with van der Waals surface area (Å²) in [5.74, 6) is -3.85. The van der Waals surface area contributed by atoms with Gasteiger partial charge in [0, 0.05) is 5.92 Å². The number of benzene rings is 2. The van der Waals surface area contributed by atoms with Crippen LogP contribution in [-0.4, -0.2) is 24.2 Å². The van der Waals surface area contributed by atoms with Gasteiger partial charge in [0.05, 0.1) is 38.3 Å². The van der Waals surface area contributed by atoms with Gasteiger partial charge in [0.1, 0.15) is 0 Å². The molecule has 0 radical (unpaired) electrons. The van der Waals surface area contributed by atoms with Gasteiger partial charge >= 0.3 is 12.4 Å². The third kappa shape index (κ3) is 7.55. The molecule has 1 saturated carbocycles. The van der Waals surface area contributed by atoms with Crippen molar-refractivity contribution in [2.45, 2.75) is 44.2 Å². The van der Waals surface area contributed by atoms with E-state index >= 15 is 0 Å². The van der Waals surface area contributed by atoms with Crippen molar-refractivity contribution in [3.05, 3.63) is 73.7 Å². The maximum Gasteiger partial charge on any atom is 0.417 e. The van der Waals surface area contributed by atoms with Crippen molar-refractivity contribution >= 4 is 52.7 Å². The van der Waals surface area contributed by atoms with Gasteiger partial charge in [-0.2, -0.15) is 26.3 Å². The second-order valence-corrected chi connectivity index (χ2v) is 9.65. The van der Waals surface area contributed by atoms with E-state index in [2.05, 4.69) is 10.6 Å². The molecular weight excluding hydrogens is 569 g/mol. The summed E-state index contributed by atoms with van der Waals surface area (Å²) in [7, 11) is 0. The maximum atomic E-state index is 13.7. The van der Waals surface area contributed by atoms with Crippen LogP contribution in [0.25, 0.3) is 6.08 Å². The molecule has 0 heterocycles. The van der Waals surface area contributed by atoms with Gasteiger partial charge in [-0.05, 0) is 55.2 Å². The fourth-order valence-electron chi connectivity index (χ4n) is 3.46. The quantitative estimate of drug-likeness (QED) is 0.199. The third-order valence-electron chi connectivity index (χ3n) is 5.45. The summed E-state index contributed by atoms with van der Waals surface area (Å²) < 4.78 is 82.4. The minimum absolute atomic E-state index is 0.137. The van der Waals surface area contributed by atoms with Gasteiger partial charge in [-0.1, -0.05) is 53.0 Å². The van der Waals surface area contributed by atoms with E-state index in [-0.39, 0.29) is 38.0 Å². The third-order valence-corrected chi connectivity index (χ3v) is 6.64. The van der Waals surface area contributed by atoms with E-state index in [0.29, 0.717) is 25.0 Å². The zero-order valence-electron chi connectivity index (χ0n) is 18.9. The van der Waals surface area contributed by atoms with Crippen molar-refractivity contribution in [1.29, 1.82) is 0 Å². The van der Waals surface area contributed by atoms with E-state index < -0.39 is 41.5 Å². The summed E-state index contributed by atoms with van der Waals surface area (Å²) in [5.41, 5.74) is -2.70. The van der Waals surface area contributed by atoms with Crippen molar-refractivity contribution in [1.82, 2.24) is 10.6 Å². The fourth-order valence-corrected chi connectivity index (χ4v) is 4.07. The van der Waals surface area contributed by atoms with Gasteiger partial charge in [-0.15, -0.1) is 0 Å². The Morgan fingerprint density at radius 1 is 0.973 bits per heavy atom. The first-order valence-corrected chi connectivity index (χ1v) is 11.9. The highest BCUT2D eigenvalue weighted by Gasteiger charge is 2.40. The van der Waals surface area contributed by atoms with Gasteiger partial charge < -0.3 is 10.6 Å². The molecule has 2 aromatic carbocycles. The molecule has 0 bridgehead atoms. The first-order valence-electron chi connectivity index (χ1n) is 10.8.